The second-order valence-corrected chi connectivity index (χ2v) is 7.05. The Morgan fingerprint density at radius 1 is 1.31 bits per heavy atom. The van der Waals surface area contributed by atoms with Crippen molar-refractivity contribution < 1.29 is 14.3 Å². The number of halogens is 1. The number of carbonyl (C=O) groups excluding carboxylic acids is 2. The molecule has 7 heteroatoms. The SMILES string of the molecule is CCCNC(=O)c1ccc(NC(=O)N(C)CCC2CCOCC2)cc1Cl. The van der Waals surface area contributed by atoms with Gasteiger partial charge >= 0.3 is 6.03 Å². The highest BCUT2D eigenvalue weighted by atomic mass is 35.5. The molecule has 0 atom stereocenters. The van der Waals surface area contributed by atoms with Crippen molar-refractivity contribution in [1.82, 2.24) is 10.2 Å². The van der Waals surface area contributed by atoms with E-state index in [2.05, 4.69) is 10.6 Å². The van der Waals surface area contributed by atoms with Gasteiger partial charge in [0.1, 0.15) is 0 Å². The zero-order chi connectivity index (χ0) is 18.9. The van der Waals surface area contributed by atoms with Crippen molar-refractivity contribution in [3.63, 3.8) is 0 Å². The molecule has 1 aromatic carbocycles. The van der Waals surface area contributed by atoms with E-state index in [4.69, 9.17) is 16.3 Å². The summed E-state index contributed by atoms with van der Waals surface area (Å²) in [6.07, 6.45) is 3.96. The average molecular weight is 382 g/mol. The molecule has 144 valence electrons. The predicted octanol–water partition coefficient (Wildman–Crippen LogP) is 3.76. The third-order valence-electron chi connectivity index (χ3n) is 4.56. The number of hydrogen-bond donors (Lipinski definition) is 2. The highest BCUT2D eigenvalue weighted by molar-refractivity contribution is 6.34. The topological polar surface area (TPSA) is 70.7 Å². The van der Waals surface area contributed by atoms with Crippen LogP contribution in [0.2, 0.25) is 5.02 Å². The molecular weight excluding hydrogens is 354 g/mol. The number of hydrogen-bond acceptors (Lipinski definition) is 3. The molecule has 1 aliphatic heterocycles. The van der Waals surface area contributed by atoms with Crippen molar-refractivity contribution >= 4 is 29.2 Å². The largest absolute Gasteiger partial charge is 0.381 e. The second-order valence-electron chi connectivity index (χ2n) is 6.65. The summed E-state index contributed by atoms with van der Waals surface area (Å²) in [7, 11) is 1.78. The normalized spacial score (nSPS) is 14.7. The van der Waals surface area contributed by atoms with Crippen molar-refractivity contribution in [1.29, 1.82) is 0 Å². The molecule has 1 saturated heterocycles. The van der Waals surface area contributed by atoms with Gasteiger partial charge in [0.05, 0.1) is 10.6 Å². The van der Waals surface area contributed by atoms with Gasteiger partial charge in [0, 0.05) is 39.0 Å². The predicted molar refractivity (Wildman–Crippen MR) is 104 cm³/mol. The van der Waals surface area contributed by atoms with Crippen molar-refractivity contribution in [2.75, 3.05) is 38.7 Å². The Bertz CT molecular complexity index is 618. The minimum absolute atomic E-state index is 0.184. The fraction of sp³-hybridized carbons (Fsp3) is 0.579. The van der Waals surface area contributed by atoms with Crippen LogP contribution in [-0.4, -0.2) is 50.2 Å². The molecule has 1 aromatic rings. The Hall–Kier alpha value is -1.79. The molecule has 2 N–H and O–H groups in total. The molecule has 6 nitrogen and oxygen atoms in total. The summed E-state index contributed by atoms with van der Waals surface area (Å²) in [5.74, 6) is 0.415. The Balaban J connectivity index is 1.85. The molecule has 1 aliphatic rings. The van der Waals surface area contributed by atoms with Crippen molar-refractivity contribution in [3.8, 4) is 0 Å². The first-order chi connectivity index (χ1) is 12.5. The van der Waals surface area contributed by atoms with Crippen molar-refractivity contribution in [2.24, 2.45) is 5.92 Å². The monoisotopic (exact) mass is 381 g/mol. The first-order valence-electron chi connectivity index (χ1n) is 9.19. The number of carbonyl (C=O) groups is 2. The Kier molecular flexibility index (Phi) is 8.19. The summed E-state index contributed by atoms with van der Waals surface area (Å²) in [5, 5.41) is 5.93. The molecule has 2 rings (SSSR count). The number of benzene rings is 1. The molecular formula is C19H28ClN3O3. The Morgan fingerprint density at radius 3 is 2.69 bits per heavy atom. The van der Waals surface area contributed by atoms with E-state index in [0.717, 1.165) is 38.9 Å². The minimum atomic E-state index is -0.205. The zero-order valence-corrected chi connectivity index (χ0v) is 16.3. The van der Waals surface area contributed by atoms with Gasteiger partial charge in [-0.05, 0) is 49.8 Å². The van der Waals surface area contributed by atoms with Crippen LogP contribution in [-0.2, 0) is 4.74 Å². The maximum atomic E-state index is 12.3. The maximum Gasteiger partial charge on any atom is 0.321 e. The van der Waals surface area contributed by atoms with Crippen LogP contribution in [0.3, 0.4) is 0 Å². The third-order valence-corrected chi connectivity index (χ3v) is 4.87. The molecule has 0 aromatic heterocycles. The van der Waals surface area contributed by atoms with Crippen LogP contribution in [0.5, 0.6) is 0 Å². The Morgan fingerprint density at radius 2 is 2.04 bits per heavy atom. The van der Waals surface area contributed by atoms with Crippen LogP contribution in [0.4, 0.5) is 10.5 Å². The third kappa shape index (κ3) is 6.18. The van der Waals surface area contributed by atoms with E-state index < -0.39 is 0 Å². The van der Waals surface area contributed by atoms with Gasteiger partial charge in [-0.2, -0.15) is 0 Å². The Labute approximate surface area is 160 Å². The first-order valence-corrected chi connectivity index (χ1v) is 9.56. The molecule has 0 unspecified atom stereocenters. The van der Waals surface area contributed by atoms with E-state index in [1.165, 1.54) is 0 Å². The number of nitrogens with one attached hydrogen (secondary N) is 2. The summed E-state index contributed by atoms with van der Waals surface area (Å²) in [6, 6.07) is 4.74. The second kappa shape index (κ2) is 10.4. The molecule has 0 saturated carbocycles. The van der Waals surface area contributed by atoms with Crippen LogP contribution in [0.25, 0.3) is 0 Å². The quantitative estimate of drug-likeness (QED) is 0.755. The van der Waals surface area contributed by atoms with Gasteiger partial charge in [0.25, 0.3) is 5.91 Å². The number of rotatable bonds is 7. The van der Waals surface area contributed by atoms with Gasteiger partial charge in [0.15, 0.2) is 0 Å². The van der Waals surface area contributed by atoms with E-state index in [-0.39, 0.29) is 11.9 Å². The van der Waals surface area contributed by atoms with Gasteiger partial charge in [-0.1, -0.05) is 18.5 Å². The summed E-state index contributed by atoms with van der Waals surface area (Å²) in [5.41, 5.74) is 0.982. The van der Waals surface area contributed by atoms with Gasteiger partial charge in [-0.3, -0.25) is 4.79 Å². The zero-order valence-electron chi connectivity index (χ0n) is 15.5. The van der Waals surface area contributed by atoms with Crippen LogP contribution >= 0.6 is 11.6 Å². The summed E-state index contributed by atoms with van der Waals surface area (Å²) >= 11 is 6.19. The van der Waals surface area contributed by atoms with Crippen LogP contribution in [0.1, 0.15) is 43.0 Å². The lowest BCUT2D eigenvalue weighted by molar-refractivity contribution is 0.0621. The molecule has 3 amide bonds. The number of nitrogens with zero attached hydrogens (tertiary/aromatic N) is 1. The molecule has 0 aliphatic carbocycles. The fourth-order valence-electron chi connectivity index (χ4n) is 2.84. The molecule has 0 bridgehead atoms. The van der Waals surface area contributed by atoms with Crippen molar-refractivity contribution in [2.45, 2.75) is 32.6 Å². The number of ether oxygens (including phenoxy) is 1. The molecule has 1 heterocycles. The first kappa shape index (κ1) is 20.5. The van der Waals surface area contributed by atoms with Gasteiger partial charge < -0.3 is 20.3 Å². The highest BCUT2D eigenvalue weighted by Crippen LogP contribution is 2.22. The average Bonchev–Trinajstić information content (AvgIpc) is 2.65. The number of amides is 3. The molecule has 0 spiro atoms. The summed E-state index contributed by atoms with van der Waals surface area (Å²) in [6.45, 7) is 4.92. The minimum Gasteiger partial charge on any atom is -0.381 e. The standard InChI is InChI=1S/C19H28ClN3O3/c1-3-9-21-18(24)16-5-4-15(13-17(16)20)22-19(25)23(2)10-6-14-7-11-26-12-8-14/h4-5,13-14H,3,6-12H2,1-2H3,(H,21,24)(H,22,25). The van der Waals surface area contributed by atoms with E-state index in [1.807, 2.05) is 6.92 Å². The maximum absolute atomic E-state index is 12.3. The lowest BCUT2D eigenvalue weighted by atomic mass is 9.96. The van der Waals surface area contributed by atoms with E-state index in [1.54, 1.807) is 30.1 Å². The van der Waals surface area contributed by atoms with Gasteiger partial charge in [-0.25, -0.2) is 4.79 Å². The number of anilines is 1. The van der Waals surface area contributed by atoms with E-state index in [9.17, 15) is 9.59 Å². The lowest BCUT2D eigenvalue weighted by Gasteiger charge is -2.25. The molecule has 1 fully saturated rings. The highest BCUT2D eigenvalue weighted by Gasteiger charge is 2.17. The molecule has 26 heavy (non-hydrogen) atoms. The summed E-state index contributed by atoms with van der Waals surface area (Å²) < 4.78 is 5.36. The fourth-order valence-corrected chi connectivity index (χ4v) is 3.11. The van der Waals surface area contributed by atoms with E-state index in [0.29, 0.717) is 35.3 Å². The summed E-state index contributed by atoms with van der Waals surface area (Å²) in [4.78, 5) is 26.0. The van der Waals surface area contributed by atoms with Gasteiger partial charge in [-0.15, -0.1) is 0 Å². The molecule has 0 radical (unpaired) electrons. The van der Waals surface area contributed by atoms with Crippen LogP contribution in [0.15, 0.2) is 18.2 Å². The van der Waals surface area contributed by atoms with Crippen molar-refractivity contribution in [3.05, 3.63) is 28.8 Å². The smallest absolute Gasteiger partial charge is 0.321 e. The van der Waals surface area contributed by atoms with E-state index >= 15 is 0 Å². The van der Waals surface area contributed by atoms with Crippen LogP contribution in [0, 0.1) is 5.92 Å². The number of urea groups is 1. The van der Waals surface area contributed by atoms with Crippen LogP contribution < -0.4 is 10.6 Å². The van der Waals surface area contributed by atoms with Gasteiger partial charge in [0.2, 0.25) is 0 Å². The lowest BCUT2D eigenvalue weighted by Crippen LogP contribution is -2.33.